The lowest BCUT2D eigenvalue weighted by molar-refractivity contribution is -0.135. The van der Waals surface area contributed by atoms with Gasteiger partial charge in [0.25, 0.3) is 0 Å². The molecule has 0 radical (unpaired) electrons. The van der Waals surface area contributed by atoms with Gasteiger partial charge in [0.2, 0.25) is 5.91 Å². The van der Waals surface area contributed by atoms with Crippen LogP contribution in [-0.4, -0.2) is 55.5 Å². The Morgan fingerprint density at radius 1 is 1.38 bits per heavy atom. The molecule has 2 heterocycles. The zero-order valence-corrected chi connectivity index (χ0v) is 13.0. The van der Waals surface area contributed by atoms with Crippen LogP contribution < -0.4 is 5.32 Å². The van der Waals surface area contributed by atoms with Gasteiger partial charge in [-0.25, -0.2) is 0 Å². The second-order valence-electron chi connectivity index (χ2n) is 6.34. The first-order chi connectivity index (χ1) is 10.2. The lowest BCUT2D eigenvalue weighted by Gasteiger charge is -2.38. The van der Waals surface area contributed by atoms with Crippen LogP contribution in [0.4, 0.5) is 0 Å². The maximum absolute atomic E-state index is 12.9. The number of fused-ring (bicyclic) bond motifs is 1. The van der Waals surface area contributed by atoms with Crippen LogP contribution in [0.5, 0.6) is 0 Å². The van der Waals surface area contributed by atoms with Gasteiger partial charge in [-0.3, -0.25) is 4.79 Å². The number of likely N-dealkylation sites (N-methyl/N-ethyl adjacent to an activating group) is 2. The summed E-state index contributed by atoms with van der Waals surface area (Å²) in [5, 5.41) is 3.40. The van der Waals surface area contributed by atoms with Gasteiger partial charge in [0.1, 0.15) is 6.04 Å². The largest absolute Gasteiger partial charge is 0.340 e. The number of rotatable bonds is 2. The van der Waals surface area contributed by atoms with Crippen molar-refractivity contribution < 1.29 is 4.79 Å². The summed E-state index contributed by atoms with van der Waals surface area (Å²) in [5.41, 5.74) is 2.47. The van der Waals surface area contributed by atoms with Crippen molar-refractivity contribution in [3.05, 3.63) is 35.4 Å². The van der Waals surface area contributed by atoms with E-state index in [1.807, 2.05) is 18.0 Å². The monoisotopic (exact) mass is 287 g/mol. The molecule has 0 saturated carbocycles. The molecule has 114 valence electrons. The lowest BCUT2D eigenvalue weighted by atomic mass is 9.93. The number of nitrogens with zero attached hydrogens (tertiary/aromatic N) is 2. The Morgan fingerprint density at radius 2 is 2.19 bits per heavy atom. The van der Waals surface area contributed by atoms with Gasteiger partial charge in [-0.1, -0.05) is 24.3 Å². The minimum Gasteiger partial charge on any atom is -0.340 e. The second kappa shape index (κ2) is 6.16. The summed E-state index contributed by atoms with van der Waals surface area (Å²) < 4.78 is 0. The highest BCUT2D eigenvalue weighted by molar-refractivity contribution is 5.84. The van der Waals surface area contributed by atoms with Gasteiger partial charge < -0.3 is 15.1 Å². The first kappa shape index (κ1) is 14.5. The molecule has 0 aromatic heterocycles. The molecule has 4 heteroatoms. The molecule has 4 nitrogen and oxygen atoms in total. The number of carbonyl (C=O) groups is 1. The molecule has 3 rings (SSSR count). The molecule has 1 N–H and O–H groups in total. The van der Waals surface area contributed by atoms with Crippen molar-refractivity contribution in [1.29, 1.82) is 0 Å². The van der Waals surface area contributed by atoms with E-state index in [-0.39, 0.29) is 11.9 Å². The molecule has 0 aliphatic carbocycles. The summed E-state index contributed by atoms with van der Waals surface area (Å²) in [7, 11) is 4.10. The Labute approximate surface area is 127 Å². The maximum Gasteiger partial charge on any atom is 0.244 e. The summed E-state index contributed by atoms with van der Waals surface area (Å²) in [4.78, 5) is 17.2. The number of amides is 1. The van der Waals surface area contributed by atoms with Crippen molar-refractivity contribution in [1.82, 2.24) is 15.1 Å². The third kappa shape index (κ3) is 2.97. The summed E-state index contributed by atoms with van der Waals surface area (Å²) in [6.07, 6.45) is 3.30. The maximum atomic E-state index is 12.9. The van der Waals surface area contributed by atoms with Crippen LogP contribution >= 0.6 is 0 Å². The van der Waals surface area contributed by atoms with Crippen LogP contribution in [0.3, 0.4) is 0 Å². The molecular formula is C17H25N3O. The topological polar surface area (TPSA) is 35.6 Å². The van der Waals surface area contributed by atoms with Crippen LogP contribution in [-0.2, 0) is 11.2 Å². The zero-order valence-electron chi connectivity index (χ0n) is 13.0. The Bertz CT molecular complexity index is 517. The number of hydrogen-bond donors (Lipinski definition) is 1. The number of carbonyl (C=O) groups excluding carboxylic acids is 1. The number of nitrogens with one attached hydrogen (secondary N) is 1. The minimum atomic E-state index is -0.174. The van der Waals surface area contributed by atoms with Crippen molar-refractivity contribution in [2.24, 2.45) is 0 Å². The van der Waals surface area contributed by atoms with E-state index in [1.165, 1.54) is 12.0 Å². The minimum absolute atomic E-state index is 0.174. The lowest BCUT2D eigenvalue weighted by Crippen LogP contribution is -2.51. The van der Waals surface area contributed by atoms with Crippen molar-refractivity contribution in [3.63, 3.8) is 0 Å². The predicted octanol–water partition coefficient (Wildman–Crippen LogP) is 1.43. The van der Waals surface area contributed by atoms with Gasteiger partial charge in [0.05, 0.1) is 0 Å². The first-order valence-electron chi connectivity index (χ1n) is 7.93. The molecule has 1 saturated heterocycles. The van der Waals surface area contributed by atoms with Gasteiger partial charge in [-0.05, 0) is 44.0 Å². The van der Waals surface area contributed by atoms with Crippen molar-refractivity contribution in [2.45, 2.75) is 31.3 Å². The Morgan fingerprint density at radius 3 is 3.00 bits per heavy atom. The van der Waals surface area contributed by atoms with Gasteiger partial charge in [-0.2, -0.15) is 0 Å². The summed E-state index contributed by atoms with van der Waals surface area (Å²) in [5.74, 6) is 0.211. The van der Waals surface area contributed by atoms with Crippen molar-refractivity contribution in [3.8, 4) is 0 Å². The fourth-order valence-corrected chi connectivity index (χ4v) is 3.56. The molecular weight excluding hydrogens is 262 g/mol. The smallest absolute Gasteiger partial charge is 0.244 e. The van der Waals surface area contributed by atoms with Crippen molar-refractivity contribution in [2.75, 3.05) is 33.7 Å². The SMILES string of the molecule is CN1CCCC(N(C)C(=O)C2NCCc3ccccc32)C1. The Kier molecular flexibility index (Phi) is 4.27. The van der Waals surface area contributed by atoms with Crippen LogP contribution in [0.1, 0.15) is 30.0 Å². The molecule has 0 spiro atoms. The molecule has 2 unspecified atom stereocenters. The number of piperidine rings is 1. The van der Waals surface area contributed by atoms with Crippen LogP contribution in [0.25, 0.3) is 0 Å². The predicted molar refractivity (Wildman–Crippen MR) is 84.2 cm³/mol. The van der Waals surface area contributed by atoms with Gasteiger partial charge in [0, 0.05) is 26.2 Å². The Hall–Kier alpha value is -1.39. The molecule has 1 aromatic rings. The molecule has 2 atom stereocenters. The molecule has 1 fully saturated rings. The molecule has 1 amide bonds. The molecule has 2 aliphatic rings. The van der Waals surface area contributed by atoms with Gasteiger partial charge in [-0.15, -0.1) is 0 Å². The third-order valence-corrected chi connectivity index (χ3v) is 4.85. The van der Waals surface area contributed by atoms with E-state index >= 15 is 0 Å². The average Bonchev–Trinajstić information content (AvgIpc) is 2.53. The quantitative estimate of drug-likeness (QED) is 0.894. The number of hydrogen-bond acceptors (Lipinski definition) is 3. The highest BCUT2D eigenvalue weighted by Gasteiger charge is 2.32. The van der Waals surface area contributed by atoms with Gasteiger partial charge in [0.15, 0.2) is 0 Å². The molecule has 2 aliphatic heterocycles. The molecule has 21 heavy (non-hydrogen) atoms. The van der Waals surface area contributed by atoms with Gasteiger partial charge >= 0.3 is 0 Å². The highest BCUT2D eigenvalue weighted by Crippen LogP contribution is 2.25. The van der Waals surface area contributed by atoms with E-state index in [9.17, 15) is 4.79 Å². The van der Waals surface area contributed by atoms with Crippen LogP contribution in [0.15, 0.2) is 24.3 Å². The van der Waals surface area contributed by atoms with E-state index in [1.54, 1.807) is 0 Å². The van der Waals surface area contributed by atoms with E-state index in [4.69, 9.17) is 0 Å². The third-order valence-electron chi connectivity index (χ3n) is 4.85. The molecule has 1 aromatic carbocycles. The summed E-state index contributed by atoms with van der Waals surface area (Å²) in [6, 6.07) is 8.49. The second-order valence-corrected chi connectivity index (χ2v) is 6.34. The zero-order chi connectivity index (χ0) is 14.8. The fraction of sp³-hybridized carbons (Fsp3) is 0.588. The Balaban J connectivity index is 1.76. The molecule has 0 bridgehead atoms. The fourth-order valence-electron chi connectivity index (χ4n) is 3.56. The highest BCUT2D eigenvalue weighted by atomic mass is 16.2. The van der Waals surface area contributed by atoms with E-state index < -0.39 is 0 Å². The van der Waals surface area contributed by atoms with Crippen molar-refractivity contribution >= 4 is 5.91 Å². The average molecular weight is 287 g/mol. The first-order valence-corrected chi connectivity index (χ1v) is 7.93. The van der Waals surface area contributed by atoms with Crippen LogP contribution in [0.2, 0.25) is 0 Å². The normalized spacial score (nSPS) is 26.2. The summed E-state index contributed by atoms with van der Waals surface area (Å²) in [6.45, 7) is 3.01. The van der Waals surface area contributed by atoms with E-state index in [0.717, 1.165) is 38.0 Å². The van der Waals surface area contributed by atoms with Crippen LogP contribution in [0, 0.1) is 0 Å². The van der Waals surface area contributed by atoms with E-state index in [2.05, 4.69) is 35.5 Å². The van der Waals surface area contributed by atoms with E-state index in [0.29, 0.717) is 6.04 Å². The standard InChI is InChI=1S/C17H25N3O/c1-19-11-5-7-14(12-19)20(2)17(21)16-15-8-4-3-6-13(15)9-10-18-16/h3-4,6,8,14,16,18H,5,7,9-12H2,1-2H3. The number of likely N-dealkylation sites (tertiary alicyclic amines) is 1. The number of benzene rings is 1. The summed E-state index contributed by atoms with van der Waals surface area (Å²) >= 11 is 0.